The average Bonchev–Trinajstić information content (AvgIpc) is 2.69. The van der Waals surface area contributed by atoms with E-state index >= 15 is 0 Å². The molecule has 0 aromatic heterocycles. The summed E-state index contributed by atoms with van der Waals surface area (Å²) in [4.78, 5) is 8.26. The molecule has 22 heavy (non-hydrogen) atoms. The highest BCUT2D eigenvalue weighted by molar-refractivity contribution is 6.30. The van der Waals surface area contributed by atoms with Crippen LogP contribution in [-0.2, 0) is 11.2 Å². The molecule has 2 N–H and O–H groups in total. The second kappa shape index (κ2) is 6.01. The summed E-state index contributed by atoms with van der Waals surface area (Å²) in [6.07, 6.45) is 6.15. The molecule has 0 amide bonds. The summed E-state index contributed by atoms with van der Waals surface area (Å²) in [6.45, 7) is 3.80. The van der Waals surface area contributed by atoms with Gasteiger partial charge in [0.25, 0.3) is 0 Å². The molecule has 0 radical (unpaired) electrons. The van der Waals surface area contributed by atoms with E-state index in [1.807, 2.05) is 12.1 Å². The van der Waals surface area contributed by atoms with Gasteiger partial charge in [-0.1, -0.05) is 30.7 Å². The van der Waals surface area contributed by atoms with Crippen LogP contribution in [0.4, 0.5) is 0 Å². The third-order valence-electron chi connectivity index (χ3n) is 5.33. The van der Waals surface area contributed by atoms with Gasteiger partial charge >= 0.3 is 0 Å². The maximum atomic E-state index is 6.11. The van der Waals surface area contributed by atoms with Gasteiger partial charge in [0.15, 0.2) is 0 Å². The molecule has 5 heteroatoms. The third-order valence-corrected chi connectivity index (χ3v) is 5.58. The number of nitrogens with zero attached hydrogens (tertiary/aromatic N) is 2. The van der Waals surface area contributed by atoms with Crippen LogP contribution in [0.15, 0.2) is 34.3 Å². The van der Waals surface area contributed by atoms with Crippen LogP contribution in [-0.4, -0.2) is 31.4 Å². The standard InChI is InChI=1S/C17H22ClN3O/c1-16-7-6-14(8-13-2-4-15(18)5-3-13)17(16,22-10-16)9-20-12-21-11-19/h2-5,11-12,14H,6-10H2,1H3,(H2,19,20,21). The van der Waals surface area contributed by atoms with Gasteiger partial charge in [0.2, 0.25) is 0 Å². The Balaban J connectivity index is 1.76. The van der Waals surface area contributed by atoms with Crippen molar-refractivity contribution < 1.29 is 4.74 Å². The maximum absolute atomic E-state index is 6.11. The number of halogens is 1. The minimum Gasteiger partial charge on any atom is -0.390 e. The largest absolute Gasteiger partial charge is 0.390 e. The Bertz CT molecular complexity index is 586. The van der Waals surface area contributed by atoms with Gasteiger partial charge in [-0.25, -0.2) is 4.99 Å². The van der Waals surface area contributed by atoms with E-state index in [0.717, 1.165) is 18.1 Å². The van der Waals surface area contributed by atoms with Crippen molar-refractivity contribution in [3.05, 3.63) is 34.9 Å². The first kappa shape index (κ1) is 15.5. The second-order valence-corrected chi connectivity index (χ2v) is 7.00. The topological polar surface area (TPSA) is 60.0 Å². The van der Waals surface area contributed by atoms with E-state index in [4.69, 9.17) is 22.1 Å². The van der Waals surface area contributed by atoms with Gasteiger partial charge in [-0.15, -0.1) is 0 Å². The summed E-state index contributed by atoms with van der Waals surface area (Å²) < 4.78 is 6.11. The van der Waals surface area contributed by atoms with Gasteiger partial charge in [-0.2, -0.15) is 0 Å². The summed E-state index contributed by atoms with van der Waals surface area (Å²) in [7, 11) is 0. The molecule has 1 saturated heterocycles. The Morgan fingerprint density at radius 2 is 2.18 bits per heavy atom. The highest BCUT2D eigenvalue weighted by Crippen LogP contribution is 2.60. The normalized spacial score (nSPS) is 34.2. The zero-order chi connectivity index (χ0) is 15.6. The van der Waals surface area contributed by atoms with Crippen LogP contribution in [0.25, 0.3) is 0 Å². The summed E-state index contributed by atoms with van der Waals surface area (Å²) >= 11 is 5.97. The lowest BCUT2D eigenvalue weighted by atomic mass is 9.67. The van der Waals surface area contributed by atoms with Gasteiger partial charge in [0, 0.05) is 10.4 Å². The van der Waals surface area contributed by atoms with Crippen LogP contribution in [0.3, 0.4) is 0 Å². The Hall–Kier alpha value is -1.39. The fraction of sp³-hybridized carbons (Fsp3) is 0.529. The van der Waals surface area contributed by atoms with Crippen molar-refractivity contribution in [2.75, 3.05) is 13.2 Å². The van der Waals surface area contributed by atoms with Crippen LogP contribution >= 0.6 is 11.6 Å². The quantitative estimate of drug-likeness (QED) is 0.669. The van der Waals surface area contributed by atoms with Gasteiger partial charge in [0.1, 0.15) is 6.34 Å². The molecular formula is C17H22ClN3O. The van der Waals surface area contributed by atoms with Gasteiger partial charge in [0.05, 0.1) is 25.1 Å². The molecule has 1 saturated carbocycles. The van der Waals surface area contributed by atoms with E-state index in [1.54, 1.807) is 0 Å². The molecule has 4 nitrogen and oxygen atoms in total. The third kappa shape index (κ3) is 2.55. The minimum absolute atomic E-state index is 0.159. The summed E-state index contributed by atoms with van der Waals surface area (Å²) in [5.41, 5.74) is 6.61. The van der Waals surface area contributed by atoms with Crippen LogP contribution in [0.2, 0.25) is 5.02 Å². The average molecular weight is 320 g/mol. The highest BCUT2D eigenvalue weighted by atomic mass is 35.5. The van der Waals surface area contributed by atoms with E-state index in [-0.39, 0.29) is 11.0 Å². The Morgan fingerprint density at radius 1 is 1.41 bits per heavy atom. The number of ether oxygens (including phenoxy) is 1. The van der Waals surface area contributed by atoms with Crippen LogP contribution < -0.4 is 5.73 Å². The molecule has 1 aliphatic heterocycles. The molecular weight excluding hydrogens is 298 g/mol. The monoisotopic (exact) mass is 319 g/mol. The molecule has 1 aromatic carbocycles. The lowest BCUT2D eigenvalue weighted by Gasteiger charge is -2.55. The molecule has 2 fully saturated rings. The van der Waals surface area contributed by atoms with Gasteiger partial charge in [-0.05, 0) is 42.9 Å². The lowest BCUT2D eigenvalue weighted by molar-refractivity contribution is -0.253. The first-order chi connectivity index (χ1) is 10.6. The van der Waals surface area contributed by atoms with Crippen LogP contribution in [0, 0.1) is 11.3 Å². The smallest absolute Gasteiger partial charge is 0.111 e. The van der Waals surface area contributed by atoms with Crippen molar-refractivity contribution >= 4 is 24.3 Å². The predicted octanol–water partition coefficient (Wildman–Crippen LogP) is 3.08. The van der Waals surface area contributed by atoms with E-state index in [2.05, 4.69) is 29.0 Å². The SMILES string of the molecule is CC12CCC(Cc3ccc(Cl)cc3)C1(CN=CN=CN)OC2. The highest BCUT2D eigenvalue weighted by Gasteiger charge is 2.65. The molecule has 3 rings (SSSR count). The number of nitrogens with two attached hydrogens (primary N) is 1. The molecule has 1 heterocycles. The van der Waals surface area contributed by atoms with Gasteiger partial charge in [-0.3, -0.25) is 4.99 Å². The molecule has 3 unspecified atom stereocenters. The first-order valence-corrected chi connectivity index (χ1v) is 8.07. The van der Waals surface area contributed by atoms with E-state index in [9.17, 15) is 0 Å². The molecule has 1 aliphatic carbocycles. The van der Waals surface area contributed by atoms with Crippen molar-refractivity contribution in [2.24, 2.45) is 27.1 Å². The molecule has 1 aromatic rings. The Labute approximate surface area is 136 Å². The zero-order valence-electron chi connectivity index (χ0n) is 12.8. The number of rotatable bonds is 5. The molecule has 3 atom stereocenters. The van der Waals surface area contributed by atoms with Crippen molar-refractivity contribution in [1.82, 2.24) is 0 Å². The lowest BCUT2D eigenvalue weighted by Crippen LogP contribution is -2.63. The van der Waals surface area contributed by atoms with Crippen molar-refractivity contribution in [3.8, 4) is 0 Å². The second-order valence-electron chi connectivity index (χ2n) is 6.56. The summed E-state index contributed by atoms with van der Waals surface area (Å²) in [5.74, 6) is 0.478. The Morgan fingerprint density at radius 3 is 2.82 bits per heavy atom. The number of fused-ring (bicyclic) bond motifs is 1. The fourth-order valence-corrected chi connectivity index (χ4v) is 4.05. The first-order valence-electron chi connectivity index (χ1n) is 7.70. The molecule has 118 valence electrons. The van der Waals surface area contributed by atoms with Crippen LogP contribution in [0.5, 0.6) is 0 Å². The minimum atomic E-state index is -0.159. The summed E-state index contributed by atoms with van der Waals surface area (Å²) in [6, 6.07) is 8.11. The van der Waals surface area contributed by atoms with E-state index in [0.29, 0.717) is 12.5 Å². The summed E-state index contributed by atoms with van der Waals surface area (Å²) in [5, 5.41) is 0.777. The van der Waals surface area contributed by atoms with Gasteiger partial charge < -0.3 is 10.5 Å². The van der Waals surface area contributed by atoms with Crippen molar-refractivity contribution in [3.63, 3.8) is 0 Å². The van der Waals surface area contributed by atoms with Crippen molar-refractivity contribution in [1.29, 1.82) is 0 Å². The zero-order valence-corrected chi connectivity index (χ0v) is 13.6. The van der Waals surface area contributed by atoms with Crippen molar-refractivity contribution in [2.45, 2.75) is 31.8 Å². The van der Waals surface area contributed by atoms with Crippen LogP contribution in [0.1, 0.15) is 25.3 Å². The maximum Gasteiger partial charge on any atom is 0.111 e. The number of hydrogen-bond donors (Lipinski definition) is 1. The fourth-order valence-electron chi connectivity index (χ4n) is 3.92. The molecule has 0 spiro atoms. The number of aliphatic imine (C=N–C) groups is 2. The molecule has 0 bridgehead atoms. The number of benzene rings is 1. The van der Waals surface area contributed by atoms with E-state index in [1.165, 1.54) is 31.1 Å². The predicted molar refractivity (Wildman–Crippen MR) is 90.7 cm³/mol. The molecule has 2 aliphatic rings. The Kier molecular flexibility index (Phi) is 4.24. The number of hydrogen-bond acceptors (Lipinski definition) is 2. The van der Waals surface area contributed by atoms with E-state index < -0.39 is 0 Å².